The van der Waals surface area contributed by atoms with E-state index in [1.54, 1.807) is 11.8 Å². The van der Waals surface area contributed by atoms with Crippen LogP contribution in [0.5, 0.6) is 0 Å². The van der Waals surface area contributed by atoms with Crippen molar-refractivity contribution in [2.45, 2.75) is 23.8 Å². The molecular formula is C17H21ClN2OS. The van der Waals surface area contributed by atoms with Gasteiger partial charge < -0.3 is 10.6 Å². The molecule has 0 bridgehead atoms. The summed E-state index contributed by atoms with van der Waals surface area (Å²) in [5.74, 6) is 0.590. The molecule has 22 heavy (non-hydrogen) atoms. The van der Waals surface area contributed by atoms with Crippen molar-refractivity contribution < 1.29 is 4.79 Å². The van der Waals surface area contributed by atoms with Crippen LogP contribution >= 0.6 is 24.2 Å². The first kappa shape index (κ1) is 17.1. The van der Waals surface area contributed by atoms with E-state index in [0.29, 0.717) is 11.8 Å². The first-order valence-corrected chi connectivity index (χ1v) is 8.41. The molecular weight excluding hydrogens is 316 g/mol. The lowest BCUT2D eigenvalue weighted by Gasteiger charge is -2.11. The molecule has 0 radical (unpaired) electrons. The normalized spacial score (nSPS) is 17.2. The SMILES string of the molecule is Cl.O=C(CSc1ccc2ccccc2c1)NCC1CCCN1. The third kappa shape index (κ3) is 4.63. The van der Waals surface area contributed by atoms with Crippen LogP contribution in [0.4, 0.5) is 0 Å². The van der Waals surface area contributed by atoms with Gasteiger partial charge in [-0.25, -0.2) is 0 Å². The van der Waals surface area contributed by atoms with Gasteiger partial charge in [-0.3, -0.25) is 4.79 Å². The Morgan fingerprint density at radius 2 is 2.05 bits per heavy atom. The summed E-state index contributed by atoms with van der Waals surface area (Å²) in [4.78, 5) is 13.0. The van der Waals surface area contributed by atoms with E-state index in [9.17, 15) is 4.79 Å². The Morgan fingerprint density at radius 3 is 2.82 bits per heavy atom. The van der Waals surface area contributed by atoms with Crippen LogP contribution < -0.4 is 10.6 Å². The first-order valence-electron chi connectivity index (χ1n) is 7.43. The monoisotopic (exact) mass is 336 g/mol. The average molecular weight is 337 g/mol. The van der Waals surface area contributed by atoms with Gasteiger partial charge in [0.1, 0.15) is 0 Å². The van der Waals surface area contributed by atoms with Gasteiger partial charge in [0.05, 0.1) is 5.75 Å². The Morgan fingerprint density at radius 1 is 1.23 bits per heavy atom. The minimum Gasteiger partial charge on any atom is -0.354 e. The van der Waals surface area contributed by atoms with Gasteiger partial charge in [-0.1, -0.05) is 30.3 Å². The minimum atomic E-state index is 0. The van der Waals surface area contributed by atoms with E-state index in [4.69, 9.17) is 0 Å². The summed E-state index contributed by atoms with van der Waals surface area (Å²) in [6.45, 7) is 1.82. The molecule has 1 fully saturated rings. The van der Waals surface area contributed by atoms with E-state index in [1.807, 2.05) is 12.1 Å². The summed E-state index contributed by atoms with van der Waals surface area (Å²) < 4.78 is 0. The number of carbonyl (C=O) groups excluding carboxylic acids is 1. The third-order valence-corrected chi connectivity index (χ3v) is 4.79. The van der Waals surface area contributed by atoms with E-state index in [1.165, 1.54) is 17.2 Å². The van der Waals surface area contributed by atoms with Crippen molar-refractivity contribution in [2.75, 3.05) is 18.8 Å². The van der Waals surface area contributed by atoms with Gasteiger partial charge in [-0.2, -0.15) is 0 Å². The van der Waals surface area contributed by atoms with Gasteiger partial charge in [0.2, 0.25) is 5.91 Å². The molecule has 2 aromatic carbocycles. The van der Waals surface area contributed by atoms with Crippen LogP contribution in [0.1, 0.15) is 12.8 Å². The summed E-state index contributed by atoms with van der Waals surface area (Å²) in [6, 6.07) is 15.1. The molecule has 1 heterocycles. The fraction of sp³-hybridized carbons (Fsp3) is 0.353. The van der Waals surface area contributed by atoms with E-state index in [0.717, 1.165) is 24.4 Å². The molecule has 118 valence electrons. The molecule has 1 aliphatic rings. The van der Waals surface area contributed by atoms with Gasteiger partial charge in [-0.05, 0) is 42.3 Å². The van der Waals surface area contributed by atoms with Crippen molar-refractivity contribution >= 4 is 40.8 Å². The highest BCUT2D eigenvalue weighted by atomic mass is 35.5. The van der Waals surface area contributed by atoms with Crippen molar-refractivity contribution in [3.8, 4) is 0 Å². The number of benzene rings is 2. The number of hydrogen-bond acceptors (Lipinski definition) is 3. The Balaban J connectivity index is 0.00000176. The molecule has 1 unspecified atom stereocenters. The zero-order chi connectivity index (χ0) is 14.5. The summed E-state index contributed by atoms with van der Waals surface area (Å²) in [7, 11) is 0. The highest BCUT2D eigenvalue weighted by Crippen LogP contribution is 2.23. The molecule has 2 N–H and O–H groups in total. The molecule has 0 aromatic heterocycles. The van der Waals surface area contributed by atoms with Crippen molar-refractivity contribution in [1.82, 2.24) is 10.6 Å². The zero-order valence-electron chi connectivity index (χ0n) is 12.4. The number of amides is 1. The predicted molar refractivity (Wildman–Crippen MR) is 96.0 cm³/mol. The Labute approximate surface area is 141 Å². The number of halogens is 1. The van der Waals surface area contributed by atoms with E-state index in [-0.39, 0.29) is 18.3 Å². The average Bonchev–Trinajstić information content (AvgIpc) is 3.04. The molecule has 2 aromatic rings. The van der Waals surface area contributed by atoms with E-state index < -0.39 is 0 Å². The molecule has 1 saturated heterocycles. The molecule has 3 rings (SSSR count). The molecule has 0 aliphatic carbocycles. The smallest absolute Gasteiger partial charge is 0.230 e. The standard InChI is InChI=1S/C17H20N2OS.ClH/c20-17(19-11-15-6-3-9-18-15)12-21-16-8-7-13-4-1-2-5-14(13)10-16;/h1-2,4-5,7-8,10,15,18H,3,6,9,11-12H2,(H,19,20);1H. The Hall–Kier alpha value is -1.23. The van der Waals surface area contributed by atoms with Crippen LogP contribution in [0.25, 0.3) is 10.8 Å². The van der Waals surface area contributed by atoms with E-state index >= 15 is 0 Å². The number of hydrogen-bond donors (Lipinski definition) is 2. The maximum Gasteiger partial charge on any atom is 0.230 e. The predicted octanol–water partition coefficient (Wildman–Crippen LogP) is 3.22. The van der Waals surface area contributed by atoms with Crippen molar-refractivity contribution in [3.05, 3.63) is 42.5 Å². The Kier molecular flexibility index (Phi) is 6.55. The first-order chi connectivity index (χ1) is 10.3. The van der Waals surface area contributed by atoms with Crippen LogP contribution in [0.15, 0.2) is 47.4 Å². The van der Waals surface area contributed by atoms with Crippen molar-refractivity contribution in [3.63, 3.8) is 0 Å². The number of carbonyl (C=O) groups is 1. The van der Waals surface area contributed by atoms with Gasteiger partial charge in [0, 0.05) is 17.5 Å². The maximum atomic E-state index is 11.9. The third-order valence-electron chi connectivity index (χ3n) is 3.80. The van der Waals surface area contributed by atoms with E-state index in [2.05, 4.69) is 41.0 Å². The summed E-state index contributed by atoms with van der Waals surface area (Å²) in [5, 5.41) is 8.85. The highest BCUT2D eigenvalue weighted by Gasteiger charge is 2.14. The van der Waals surface area contributed by atoms with Crippen LogP contribution in [-0.2, 0) is 4.79 Å². The fourth-order valence-corrected chi connectivity index (χ4v) is 3.40. The van der Waals surface area contributed by atoms with Gasteiger partial charge in [0.25, 0.3) is 0 Å². The number of thioether (sulfide) groups is 1. The lowest BCUT2D eigenvalue weighted by molar-refractivity contribution is -0.118. The number of nitrogens with one attached hydrogen (secondary N) is 2. The molecule has 0 saturated carbocycles. The molecule has 1 aliphatic heterocycles. The van der Waals surface area contributed by atoms with Gasteiger partial charge >= 0.3 is 0 Å². The summed E-state index contributed by atoms with van der Waals surface area (Å²) in [6.07, 6.45) is 2.38. The second-order valence-electron chi connectivity index (χ2n) is 5.39. The van der Waals surface area contributed by atoms with Crippen LogP contribution in [-0.4, -0.2) is 30.8 Å². The number of fused-ring (bicyclic) bond motifs is 1. The second kappa shape index (κ2) is 8.42. The van der Waals surface area contributed by atoms with Gasteiger partial charge in [-0.15, -0.1) is 24.2 Å². The topological polar surface area (TPSA) is 41.1 Å². The lowest BCUT2D eigenvalue weighted by atomic mass is 10.1. The second-order valence-corrected chi connectivity index (χ2v) is 6.44. The molecule has 0 spiro atoms. The highest BCUT2D eigenvalue weighted by molar-refractivity contribution is 8.00. The molecule has 1 amide bonds. The van der Waals surface area contributed by atoms with Crippen molar-refractivity contribution in [2.24, 2.45) is 0 Å². The fourth-order valence-electron chi connectivity index (χ4n) is 2.63. The lowest BCUT2D eigenvalue weighted by Crippen LogP contribution is -2.37. The van der Waals surface area contributed by atoms with Crippen LogP contribution in [0.2, 0.25) is 0 Å². The van der Waals surface area contributed by atoms with Crippen LogP contribution in [0, 0.1) is 0 Å². The maximum absolute atomic E-state index is 11.9. The Bertz CT molecular complexity index is 629. The molecule has 1 atom stereocenters. The zero-order valence-corrected chi connectivity index (χ0v) is 14.0. The quantitative estimate of drug-likeness (QED) is 0.824. The minimum absolute atomic E-state index is 0. The van der Waals surface area contributed by atoms with Crippen LogP contribution in [0.3, 0.4) is 0 Å². The van der Waals surface area contributed by atoms with Gasteiger partial charge in [0.15, 0.2) is 0 Å². The largest absolute Gasteiger partial charge is 0.354 e. The molecule has 3 nitrogen and oxygen atoms in total. The molecule has 5 heteroatoms. The summed E-state index contributed by atoms with van der Waals surface area (Å²) in [5.41, 5.74) is 0. The summed E-state index contributed by atoms with van der Waals surface area (Å²) >= 11 is 1.59. The number of rotatable bonds is 5. The van der Waals surface area contributed by atoms with Crippen molar-refractivity contribution in [1.29, 1.82) is 0 Å².